The number of thiophene rings is 1. The van der Waals surface area contributed by atoms with E-state index in [0.29, 0.717) is 17.5 Å². The Morgan fingerprint density at radius 1 is 0.320 bits per heavy atom. The maximum absolute atomic E-state index is 6.23. The molecule has 7 aromatic carbocycles. The minimum absolute atomic E-state index is 0.604. The second-order valence-corrected chi connectivity index (χ2v) is 13.5. The van der Waals surface area contributed by atoms with E-state index in [0.717, 1.165) is 38.6 Å². The topological polar surface area (TPSA) is 51.8 Å². The number of fused-ring (bicyclic) bond motifs is 6. The van der Waals surface area contributed by atoms with E-state index in [1.165, 1.54) is 42.4 Å². The Labute approximate surface area is 292 Å². The van der Waals surface area contributed by atoms with Crippen LogP contribution in [0.1, 0.15) is 0 Å². The van der Waals surface area contributed by atoms with Gasteiger partial charge in [-0.2, -0.15) is 0 Å². The molecule has 0 atom stereocenters. The third-order valence-corrected chi connectivity index (χ3v) is 10.5. The smallest absolute Gasteiger partial charge is 0.164 e. The number of hydrogen-bond donors (Lipinski definition) is 0. The lowest BCUT2D eigenvalue weighted by Gasteiger charge is -2.09. The summed E-state index contributed by atoms with van der Waals surface area (Å²) < 4.78 is 8.70. The summed E-state index contributed by atoms with van der Waals surface area (Å²) in [4.78, 5) is 15.1. The molecule has 0 spiro atoms. The van der Waals surface area contributed by atoms with E-state index >= 15 is 0 Å². The van der Waals surface area contributed by atoms with Gasteiger partial charge in [0.15, 0.2) is 17.5 Å². The summed E-state index contributed by atoms with van der Waals surface area (Å²) in [5, 5.41) is 4.58. The Balaban J connectivity index is 1.10. The van der Waals surface area contributed by atoms with E-state index in [-0.39, 0.29) is 0 Å². The highest BCUT2D eigenvalue weighted by Gasteiger charge is 2.16. The summed E-state index contributed by atoms with van der Waals surface area (Å²) in [6.07, 6.45) is 0. The first-order chi connectivity index (χ1) is 24.7. The molecule has 10 aromatic rings. The average molecular weight is 658 g/mol. The van der Waals surface area contributed by atoms with Crippen molar-refractivity contribution < 1.29 is 4.42 Å². The van der Waals surface area contributed by atoms with Crippen LogP contribution >= 0.6 is 11.3 Å². The fraction of sp³-hybridized carbons (Fsp3) is 0. The van der Waals surface area contributed by atoms with Crippen LogP contribution in [0.2, 0.25) is 0 Å². The SMILES string of the molecule is c1ccc(-c2cccc(-c3ccc4sc5ccc(-c6nc(-c7ccccc7)nc(-c7ccc8c(c7)oc7ccccc78)n6)cc5c4c3)c2)cc1. The summed E-state index contributed by atoms with van der Waals surface area (Å²) in [5.74, 6) is 1.87. The Morgan fingerprint density at radius 2 is 0.820 bits per heavy atom. The van der Waals surface area contributed by atoms with Crippen LogP contribution in [0.4, 0.5) is 0 Å². The monoisotopic (exact) mass is 657 g/mol. The molecule has 0 radical (unpaired) electrons. The van der Waals surface area contributed by atoms with Crippen LogP contribution in [0.3, 0.4) is 0 Å². The van der Waals surface area contributed by atoms with Crippen LogP contribution in [0.15, 0.2) is 168 Å². The van der Waals surface area contributed by atoms with E-state index in [1.54, 1.807) is 0 Å². The number of para-hydroxylation sites is 1. The summed E-state index contributed by atoms with van der Waals surface area (Å²) in [7, 11) is 0. The van der Waals surface area contributed by atoms with Gasteiger partial charge in [-0.3, -0.25) is 0 Å². The van der Waals surface area contributed by atoms with Crippen molar-refractivity contribution >= 4 is 53.4 Å². The summed E-state index contributed by atoms with van der Waals surface area (Å²) in [5.41, 5.74) is 9.24. The van der Waals surface area contributed by atoms with E-state index < -0.39 is 0 Å². The molecule has 3 aromatic heterocycles. The van der Waals surface area contributed by atoms with Crippen molar-refractivity contribution in [3.8, 4) is 56.4 Å². The van der Waals surface area contributed by atoms with Gasteiger partial charge in [0.1, 0.15) is 11.2 Å². The Bertz CT molecular complexity index is 2870. The largest absolute Gasteiger partial charge is 0.456 e. The molecule has 0 unspecified atom stereocenters. The fourth-order valence-electron chi connectivity index (χ4n) is 6.82. The first kappa shape index (κ1) is 28.6. The summed E-state index contributed by atoms with van der Waals surface area (Å²) in [6.45, 7) is 0. The molecule has 0 saturated carbocycles. The lowest BCUT2D eigenvalue weighted by atomic mass is 9.98. The van der Waals surface area contributed by atoms with E-state index in [4.69, 9.17) is 19.4 Å². The van der Waals surface area contributed by atoms with E-state index in [2.05, 4.69) is 109 Å². The zero-order chi connectivity index (χ0) is 33.0. The molecule has 0 saturated heterocycles. The number of rotatable bonds is 5. The predicted molar refractivity (Wildman–Crippen MR) is 207 cm³/mol. The molecule has 0 bridgehead atoms. The van der Waals surface area contributed by atoms with Gasteiger partial charge in [-0.15, -0.1) is 11.3 Å². The summed E-state index contributed by atoms with van der Waals surface area (Å²) >= 11 is 1.81. The number of furan rings is 1. The lowest BCUT2D eigenvalue weighted by molar-refractivity contribution is 0.669. The molecule has 0 aliphatic rings. The van der Waals surface area contributed by atoms with Gasteiger partial charge in [0.2, 0.25) is 0 Å². The highest BCUT2D eigenvalue weighted by molar-refractivity contribution is 7.25. The van der Waals surface area contributed by atoms with Gasteiger partial charge < -0.3 is 4.42 Å². The molecule has 4 nitrogen and oxygen atoms in total. The number of aromatic nitrogens is 3. The highest BCUT2D eigenvalue weighted by Crippen LogP contribution is 2.39. The van der Waals surface area contributed by atoms with Crippen LogP contribution in [-0.2, 0) is 0 Å². The molecular formula is C45H27N3OS. The third-order valence-electron chi connectivity index (χ3n) is 9.33. The van der Waals surface area contributed by atoms with Crippen molar-refractivity contribution in [2.75, 3.05) is 0 Å². The molecule has 5 heteroatoms. The second-order valence-electron chi connectivity index (χ2n) is 12.5. The minimum Gasteiger partial charge on any atom is -0.456 e. The van der Waals surface area contributed by atoms with Gasteiger partial charge in [0, 0.05) is 47.6 Å². The minimum atomic E-state index is 0.604. The number of nitrogens with zero attached hydrogens (tertiary/aromatic N) is 3. The van der Waals surface area contributed by atoms with Crippen LogP contribution < -0.4 is 0 Å². The normalized spacial score (nSPS) is 11.6. The zero-order valence-electron chi connectivity index (χ0n) is 26.7. The molecule has 0 aliphatic heterocycles. The molecule has 0 amide bonds. The molecule has 50 heavy (non-hydrogen) atoms. The standard InChI is InChI=1S/C45H27N3OS/c1-3-10-28(11-4-1)30-14-9-15-31(24-30)32-19-22-41-37(25-32)38-26-33(20-23-42(38)50-41)44-46-43(29-12-5-2-6-13-29)47-45(48-44)34-18-21-36-35-16-7-8-17-39(35)49-40(36)27-34/h1-27H. The molecule has 0 fully saturated rings. The Hall–Kier alpha value is -6.43. The first-order valence-electron chi connectivity index (χ1n) is 16.6. The van der Waals surface area contributed by atoms with Gasteiger partial charge >= 0.3 is 0 Å². The zero-order valence-corrected chi connectivity index (χ0v) is 27.6. The average Bonchev–Trinajstić information content (AvgIpc) is 3.75. The molecule has 10 rings (SSSR count). The van der Waals surface area contributed by atoms with Crippen LogP contribution in [-0.4, -0.2) is 15.0 Å². The van der Waals surface area contributed by atoms with Crippen LogP contribution in [0, 0.1) is 0 Å². The molecular weight excluding hydrogens is 631 g/mol. The Morgan fingerprint density at radius 3 is 1.56 bits per heavy atom. The van der Waals surface area contributed by atoms with Crippen LogP contribution in [0.5, 0.6) is 0 Å². The molecule has 234 valence electrons. The third kappa shape index (κ3) is 4.95. The van der Waals surface area contributed by atoms with Crippen molar-refractivity contribution in [2.45, 2.75) is 0 Å². The van der Waals surface area contributed by atoms with Crippen molar-refractivity contribution in [2.24, 2.45) is 0 Å². The maximum atomic E-state index is 6.23. The maximum Gasteiger partial charge on any atom is 0.164 e. The predicted octanol–water partition coefficient (Wildman–Crippen LogP) is 12.5. The molecule has 0 N–H and O–H groups in total. The van der Waals surface area contributed by atoms with E-state index in [9.17, 15) is 0 Å². The summed E-state index contributed by atoms with van der Waals surface area (Å²) in [6, 6.07) is 57.1. The number of hydrogen-bond acceptors (Lipinski definition) is 5. The number of benzene rings is 7. The quantitative estimate of drug-likeness (QED) is 0.185. The van der Waals surface area contributed by atoms with Crippen LogP contribution in [0.25, 0.3) is 98.5 Å². The highest BCUT2D eigenvalue weighted by atomic mass is 32.1. The van der Waals surface area contributed by atoms with Crippen molar-refractivity contribution in [1.29, 1.82) is 0 Å². The van der Waals surface area contributed by atoms with Gasteiger partial charge in [-0.1, -0.05) is 109 Å². The van der Waals surface area contributed by atoms with Crippen molar-refractivity contribution in [3.63, 3.8) is 0 Å². The Kier molecular flexibility index (Phi) is 6.64. The fourth-order valence-corrected chi connectivity index (χ4v) is 7.89. The van der Waals surface area contributed by atoms with Gasteiger partial charge in [0.05, 0.1) is 0 Å². The van der Waals surface area contributed by atoms with Gasteiger partial charge in [-0.05, 0) is 76.9 Å². The van der Waals surface area contributed by atoms with Crippen molar-refractivity contribution in [1.82, 2.24) is 15.0 Å². The van der Waals surface area contributed by atoms with Gasteiger partial charge in [-0.25, -0.2) is 15.0 Å². The van der Waals surface area contributed by atoms with Crippen molar-refractivity contribution in [3.05, 3.63) is 164 Å². The second kappa shape index (κ2) is 11.6. The molecule has 3 heterocycles. The molecule has 0 aliphatic carbocycles. The van der Waals surface area contributed by atoms with Gasteiger partial charge in [0.25, 0.3) is 0 Å². The lowest BCUT2D eigenvalue weighted by Crippen LogP contribution is -2.00. The van der Waals surface area contributed by atoms with E-state index in [1.807, 2.05) is 65.9 Å². The first-order valence-corrected chi connectivity index (χ1v) is 17.4.